The molecular formula is C17H32N2. The van der Waals surface area contributed by atoms with Gasteiger partial charge < -0.3 is 10.6 Å². The molecule has 4 aliphatic carbocycles. The lowest BCUT2D eigenvalue weighted by molar-refractivity contribution is -0.0353. The van der Waals surface area contributed by atoms with Crippen LogP contribution in [0.3, 0.4) is 0 Å². The Hall–Kier alpha value is -0.0800. The smallest absolute Gasteiger partial charge is 0.00152 e. The summed E-state index contributed by atoms with van der Waals surface area (Å²) in [7, 11) is 0. The molecule has 2 N–H and O–H groups in total. The van der Waals surface area contributed by atoms with E-state index in [0.717, 1.165) is 29.6 Å². The molecule has 4 bridgehead atoms. The van der Waals surface area contributed by atoms with Crippen LogP contribution in [-0.4, -0.2) is 26.2 Å². The second-order valence-electron chi connectivity index (χ2n) is 7.40. The van der Waals surface area contributed by atoms with Crippen LogP contribution in [0.4, 0.5) is 0 Å². The molecular weight excluding hydrogens is 232 g/mol. The van der Waals surface area contributed by atoms with E-state index >= 15 is 0 Å². The van der Waals surface area contributed by atoms with Gasteiger partial charge in [0.2, 0.25) is 0 Å². The highest BCUT2D eigenvalue weighted by atomic mass is 14.9. The molecule has 19 heavy (non-hydrogen) atoms. The Kier molecular flexibility index (Phi) is 4.81. The van der Waals surface area contributed by atoms with Crippen molar-refractivity contribution in [1.82, 2.24) is 10.6 Å². The molecule has 4 fully saturated rings. The maximum Gasteiger partial charge on any atom is -0.00152 e. The Morgan fingerprint density at radius 1 is 0.789 bits per heavy atom. The van der Waals surface area contributed by atoms with Crippen LogP contribution in [0, 0.1) is 29.6 Å². The van der Waals surface area contributed by atoms with Crippen molar-refractivity contribution in [2.24, 2.45) is 29.6 Å². The fourth-order valence-electron chi connectivity index (χ4n) is 5.28. The van der Waals surface area contributed by atoms with E-state index in [0.29, 0.717) is 0 Å². The number of rotatable bonds is 8. The van der Waals surface area contributed by atoms with E-state index in [1.165, 1.54) is 39.0 Å². The van der Waals surface area contributed by atoms with E-state index in [1.807, 2.05) is 0 Å². The number of hydrogen-bond acceptors (Lipinski definition) is 2. The quantitative estimate of drug-likeness (QED) is 0.659. The summed E-state index contributed by atoms with van der Waals surface area (Å²) in [4.78, 5) is 0. The molecule has 0 radical (unpaired) electrons. The molecule has 0 amide bonds. The van der Waals surface area contributed by atoms with Gasteiger partial charge in [-0.1, -0.05) is 6.92 Å². The molecule has 0 atom stereocenters. The standard InChI is InChI=1S/C17H32N2/c1-2-4-18-5-3-6-19-12-17-15-8-13-7-14(10-15)11-16(17)9-13/h13-19H,2-12H2,1H3. The van der Waals surface area contributed by atoms with Crippen LogP contribution in [-0.2, 0) is 0 Å². The summed E-state index contributed by atoms with van der Waals surface area (Å²) >= 11 is 0. The zero-order valence-electron chi connectivity index (χ0n) is 12.7. The Morgan fingerprint density at radius 3 is 2.05 bits per heavy atom. The summed E-state index contributed by atoms with van der Waals surface area (Å²) in [5.74, 6) is 5.44. The van der Waals surface area contributed by atoms with Gasteiger partial charge in [-0.15, -0.1) is 0 Å². The van der Waals surface area contributed by atoms with Crippen LogP contribution in [0.1, 0.15) is 51.9 Å². The lowest BCUT2D eigenvalue weighted by Gasteiger charge is -2.54. The molecule has 0 aromatic rings. The molecule has 0 unspecified atom stereocenters. The Morgan fingerprint density at radius 2 is 1.42 bits per heavy atom. The third-order valence-corrected chi connectivity index (χ3v) is 5.94. The Balaban J connectivity index is 1.32. The molecule has 0 heterocycles. The van der Waals surface area contributed by atoms with Crippen molar-refractivity contribution in [1.29, 1.82) is 0 Å². The molecule has 4 rings (SSSR count). The van der Waals surface area contributed by atoms with E-state index < -0.39 is 0 Å². The van der Waals surface area contributed by atoms with Gasteiger partial charge in [-0.3, -0.25) is 0 Å². The average molecular weight is 264 g/mol. The summed E-state index contributed by atoms with van der Waals surface area (Å²) < 4.78 is 0. The van der Waals surface area contributed by atoms with Crippen molar-refractivity contribution in [3.05, 3.63) is 0 Å². The minimum absolute atomic E-state index is 1.02. The zero-order chi connectivity index (χ0) is 13.1. The molecule has 0 aliphatic heterocycles. The zero-order valence-corrected chi connectivity index (χ0v) is 12.7. The van der Waals surface area contributed by atoms with Gasteiger partial charge in [0.1, 0.15) is 0 Å². The van der Waals surface area contributed by atoms with Crippen molar-refractivity contribution < 1.29 is 0 Å². The minimum Gasteiger partial charge on any atom is -0.317 e. The molecule has 0 aromatic heterocycles. The van der Waals surface area contributed by atoms with Gasteiger partial charge in [-0.05, 0) is 101 Å². The first kappa shape index (κ1) is 13.9. The summed E-state index contributed by atoms with van der Waals surface area (Å²) in [6, 6.07) is 0. The summed E-state index contributed by atoms with van der Waals surface area (Å²) in [6.07, 6.45) is 10.4. The van der Waals surface area contributed by atoms with Gasteiger partial charge in [0, 0.05) is 0 Å². The summed E-state index contributed by atoms with van der Waals surface area (Å²) in [6.45, 7) is 7.11. The number of hydrogen-bond donors (Lipinski definition) is 2. The fraction of sp³-hybridized carbons (Fsp3) is 1.00. The van der Waals surface area contributed by atoms with Gasteiger partial charge in [0.05, 0.1) is 0 Å². The van der Waals surface area contributed by atoms with Gasteiger partial charge in [-0.2, -0.15) is 0 Å². The third kappa shape index (κ3) is 3.33. The molecule has 2 nitrogen and oxygen atoms in total. The predicted octanol–water partition coefficient (Wildman–Crippen LogP) is 3.04. The van der Waals surface area contributed by atoms with Crippen LogP contribution >= 0.6 is 0 Å². The van der Waals surface area contributed by atoms with Crippen molar-refractivity contribution in [2.45, 2.75) is 51.9 Å². The molecule has 2 heteroatoms. The van der Waals surface area contributed by atoms with E-state index in [1.54, 1.807) is 32.1 Å². The predicted molar refractivity (Wildman–Crippen MR) is 81.2 cm³/mol. The van der Waals surface area contributed by atoms with E-state index in [-0.39, 0.29) is 0 Å². The first-order chi connectivity index (χ1) is 9.36. The second-order valence-corrected chi connectivity index (χ2v) is 7.40. The Labute approximate surface area is 119 Å². The molecule has 4 saturated carbocycles. The van der Waals surface area contributed by atoms with E-state index in [9.17, 15) is 0 Å². The van der Waals surface area contributed by atoms with Crippen molar-refractivity contribution >= 4 is 0 Å². The van der Waals surface area contributed by atoms with Gasteiger partial charge >= 0.3 is 0 Å². The molecule has 4 aliphatic rings. The van der Waals surface area contributed by atoms with E-state index in [2.05, 4.69) is 17.6 Å². The van der Waals surface area contributed by atoms with Gasteiger partial charge in [0.15, 0.2) is 0 Å². The van der Waals surface area contributed by atoms with Crippen molar-refractivity contribution in [3.8, 4) is 0 Å². The Bertz CT molecular complexity index is 248. The maximum atomic E-state index is 3.75. The van der Waals surface area contributed by atoms with Crippen LogP contribution in [0.2, 0.25) is 0 Å². The normalized spacial score (nSPS) is 39.9. The first-order valence-electron chi connectivity index (χ1n) is 8.78. The highest BCUT2D eigenvalue weighted by Crippen LogP contribution is 2.56. The largest absolute Gasteiger partial charge is 0.317 e. The first-order valence-corrected chi connectivity index (χ1v) is 8.78. The third-order valence-electron chi connectivity index (χ3n) is 5.94. The minimum atomic E-state index is 1.02. The summed E-state index contributed by atoms with van der Waals surface area (Å²) in [5, 5.41) is 7.24. The van der Waals surface area contributed by atoms with Crippen LogP contribution in [0.15, 0.2) is 0 Å². The topological polar surface area (TPSA) is 24.1 Å². The van der Waals surface area contributed by atoms with Crippen LogP contribution in [0.25, 0.3) is 0 Å². The molecule has 0 aromatic carbocycles. The second kappa shape index (κ2) is 6.58. The van der Waals surface area contributed by atoms with Crippen molar-refractivity contribution in [3.63, 3.8) is 0 Å². The molecule has 110 valence electrons. The van der Waals surface area contributed by atoms with Crippen LogP contribution < -0.4 is 10.6 Å². The summed E-state index contributed by atoms with van der Waals surface area (Å²) in [5.41, 5.74) is 0. The molecule has 0 spiro atoms. The highest BCUT2D eigenvalue weighted by Gasteiger charge is 2.47. The van der Waals surface area contributed by atoms with Crippen LogP contribution in [0.5, 0.6) is 0 Å². The van der Waals surface area contributed by atoms with Crippen molar-refractivity contribution in [2.75, 3.05) is 26.2 Å². The lowest BCUT2D eigenvalue weighted by atomic mass is 9.52. The average Bonchev–Trinajstić information content (AvgIpc) is 2.39. The fourth-order valence-corrected chi connectivity index (χ4v) is 5.28. The highest BCUT2D eigenvalue weighted by molar-refractivity contribution is 4.98. The lowest BCUT2D eigenvalue weighted by Crippen LogP contribution is -2.48. The van der Waals surface area contributed by atoms with Gasteiger partial charge in [0.25, 0.3) is 0 Å². The van der Waals surface area contributed by atoms with E-state index in [4.69, 9.17) is 0 Å². The monoisotopic (exact) mass is 264 g/mol. The SMILES string of the molecule is CCCNCCCNCC1C2CC3CC(C2)CC1C3. The number of nitrogens with one attached hydrogen (secondary N) is 2. The molecule has 0 saturated heterocycles. The van der Waals surface area contributed by atoms with Gasteiger partial charge in [-0.25, -0.2) is 0 Å². The maximum absolute atomic E-state index is 3.75.